The van der Waals surface area contributed by atoms with Crippen molar-refractivity contribution in [3.05, 3.63) is 0 Å². The molecule has 0 rings (SSSR count). The summed E-state index contributed by atoms with van der Waals surface area (Å²) < 4.78 is 0. The molecule has 0 bridgehead atoms. The smallest absolute Gasteiger partial charge is 0.305 e. The predicted molar refractivity (Wildman–Crippen MR) is 84.8 cm³/mol. The van der Waals surface area contributed by atoms with Gasteiger partial charge in [-0.25, -0.2) is 0 Å². The first-order valence-electron chi connectivity index (χ1n) is 7.42. The van der Waals surface area contributed by atoms with Gasteiger partial charge in [0.2, 0.25) is 0 Å². The zero-order valence-corrected chi connectivity index (χ0v) is 61.9. The topological polar surface area (TPSA) is 161 Å². The molecule has 22 heteroatoms. The third-order valence-electron chi connectivity index (χ3n) is 2.93. The van der Waals surface area contributed by atoms with Crippen LogP contribution in [0.4, 0.5) is 0 Å². The number of hydrogen-bond donors (Lipinski definition) is 4. The molecule has 0 amide bonds. The Balaban J connectivity index is -0.0000000124. The van der Waals surface area contributed by atoms with Crippen LogP contribution in [0.15, 0.2) is 0 Å². The molecular formula is C15H28N2O6Y14. The van der Waals surface area contributed by atoms with E-state index in [4.69, 9.17) is 21.7 Å². The number of hydrogen-bond acceptors (Lipinski definition) is 6. The molecule has 0 spiro atoms. The molecule has 2 atom stereocenters. The van der Waals surface area contributed by atoms with E-state index < -0.39 is 24.0 Å². The molecule has 6 N–H and O–H groups in total. The summed E-state index contributed by atoms with van der Waals surface area (Å²) in [6.07, 6.45) is -0.0943. The van der Waals surface area contributed by atoms with Gasteiger partial charge in [-0.3, -0.25) is 19.2 Å². The van der Waals surface area contributed by atoms with Gasteiger partial charge in [0.15, 0.2) is 11.6 Å². The molecule has 176 valence electrons. The molecule has 0 aliphatic carbocycles. The third-order valence-corrected chi connectivity index (χ3v) is 2.93. The Kier molecular flexibility index (Phi) is 200. The maximum Gasteiger partial charge on any atom is 0.305 e. The van der Waals surface area contributed by atoms with Crippen LogP contribution in [0.5, 0.6) is 0 Å². The van der Waals surface area contributed by atoms with Crippen molar-refractivity contribution in [3.63, 3.8) is 0 Å². The summed E-state index contributed by atoms with van der Waals surface area (Å²) in [4.78, 5) is 42.4. The summed E-state index contributed by atoms with van der Waals surface area (Å²) in [5, 5.41) is 16.6. The number of ketones is 2. The number of carboxylic acids is 2. The van der Waals surface area contributed by atoms with E-state index in [9.17, 15) is 19.2 Å². The summed E-state index contributed by atoms with van der Waals surface area (Å²) >= 11 is 0. The number of aliphatic carboxylic acids is 2. The fourth-order valence-corrected chi connectivity index (χ4v) is 1.57. The molecule has 37 heavy (non-hydrogen) atoms. The van der Waals surface area contributed by atoms with Gasteiger partial charge in [-0.05, 0) is 6.42 Å². The quantitative estimate of drug-likeness (QED) is 0.258. The molecule has 14 radical (unpaired) electrons. The van der Waals surface area contributed by atoms with Crippen LogP contribution in [0.1, 0.15) is 47.0 Å². The van der Waals surface area contributed by atoms with Crippen molar-refractivity contribution in [3.8, 4) is 0 Å². The third kappa shape index (κ3) is 75.5. The van der Waals surface area contributed by atoms with Gasteiger partial charge >= 0.3 is 11.9 Å². The number of rotatable bonds is 9. The van der Waals surface area contributed by atoms with E-state index in [0.29, 0.717) is 0 Å². The molecule has 0 aromatic rings. The van der Waals surface area contributed by atoms with Crippen LogP contribution in [-0.2, 0) is 477 Å². The Morgan fingerprint density at radius 3 is 0.946 bits per heavy atom. The summed E-state index contributed by atoms with van der Waals surface area (Å²) in [6, 6.07) is -1.48. The second-order valence-electron chi connectivity index (χ2n) is 5.86. The number of Topliss-reactive ketones (excluding diaryl/α,β-unsaturated/α-hetero) is 2. The minimum Gasteiger partial charge on any atom is -0.481 e. The van der Waals surface area contributed by atoms with Gasteiger partial charge in [-0.15, -0.1) is 0 Å². The standard InChI is InChI=1S/C8H15NO3.C7H13NO3.14Y/c1-5(2)8(12)6(9)3-4-7(10)11;1-4(2)7(11)5(8)3-6(9)10;;;;;;;;;;;;;;/h5-6H,3-4,9H2,1-2H3,(H,10,11);4-5H,3,8H2,1-2H3,(H,9,10);;;;;;;;;;;;;;/t6-;5-;;;;;;;;;;;;;;/m00............../s1. The van der Waals surface area contributed by atoms with Crippen molar-refractivity contribution in [1.29, 1.82) is 0 Å². The SMILES string of the molecule is CC(C)C(=O)[C@@H](N)CC(=O)O.CC(C)C(=O)[C@@H](N)CCC(=O)O.[Y].[Y].[Y].[Y].[Y].[Y].[Y].[Y].[Y].[Y].[Y].[Y].[Y].[Y]. The zero-order chi connectivity index (χ0) is 18.7. The Labute approximate surface area is 575 Å². The molecule has 0 saturated heterocycles. The molecule has 0 aliphatic rings. The van der Waals surface area contributed by atoms with Crippen molar-refractivity contribution in [1.82, 2.24) is 0 Å². The van der Waals surface area contributed by atoms with E-state index in [1.807, 2.05) is 0 Å². The average molecular weight is 1580 g/mol. The predicted octanol–water partition coefficient (Wildman–Crippen LogP) is 0.382. The van der Waals surface area contributed by atoms with E-state index in [0.717, 1.165) is 0 Å². The summed E-state index contributed by atoms with van der Waals surface area (Å²) in [6.45, 7) is 6.90. The maximum atomic E-state index is 11.1. The first-order chi connectivity index (χ1) is 10.4. The molecule has 0 aliphatic heterocycles. The summed E-state index contributed by atoms with van der Waals surface area (Å²) in [7, 11) is 0. The van der Waals surface area contributed by atoms with Crippen LogP contribution in [0.25, 0.3) is 0 Å². The average Bonchev–Trinajstić information content (AvgIpc) is 2.42. The fraction of sp³-hybridized carbons (Fsp3) is 0.733. The largest absolute Gasteiger partial charge is 0.481 e. The van der Waals surface area contributed by atoms with Crippen LogP contribution in [0, 0.1) is 11.8 Å². The summed E-state index contributed by atoms with van der Waals surface area (Å²) in [5.74, 6) is -2.53. The van der Waals surface area contributed by atoms with Gasteiger partial charge < -0.3 is 21.7 Å². The van der Waals surface area contributed by atoms with Crippen molar-refractivity contribution in [2.75, 3.05) is 0 Å². The fourth-order valence-electron chi connectivity index (χ4n) is 1.57. The van der Waals surface area contributed by atoms with E-state index in [2.05, 4.69) is 0 Å². The Morgan fingerprint density at radius 1 is 0.514 bits per heavy atom. The van der Waals surface area contributed by atoms with Gasteiger partial charge in [0.05, 0.1) is 18.5 Å². The Morgan fingerprint density at radius 2 is 0.757 bits per heavy atom. The number of carbonyl (C=O) groups excluding carboxylic acids is 2. The second kappa shape index (κ2) is 71.1. The molecule has 8 nitrogen and oxygen atoms in total. The van der Waals surface area contributed by atoms with Gasteiger partial charge in [-0.1, -0.05) is 27.7 Å². The van der Waals surface area contributed by atoms with Crippen LogP contribution in [0.3, 0.4) is 0 Å². The second-order valence-corrected chi connectivity index (χ2v) is 5.86. The molecule has 0 fully saturated rings. The minimum absolute atomic E-state index is 0. The van der Waals surface area contributed by atoms with Gasteiger partial charge in [0, 0.05) is 476 Å². The zero-order valence-electron chi connectivity index (χ0n) is 22.2. The normalized spacial score (nSPS) is 8.11. The Bertz CT molecular complexity index is 456. The van der Waals surface area contributed by atoms with E-state index >= 15 is 0 Å². The van der Waals surface area contributed by atoms with E-state index in [-0.39, 0.29) is 501 Å². The molecule has 0 unspecified atom stereocenters. The molecule has 0 aromatic heterocycles. The van der Waals surface area contributed by atoms with Gasteiger partial charge in [0.1, 0.15) is 0 Å². The number of carbonyl (C=O) groups is 4. The first-order valence-corrected chi connectivity index (χ1v) is 7.42. The van der Waals surface area contributed by atoms with Crippen molar-refractivity contribution in [2.45, 2.75) is 59.0 Å². The van der Waals surface area contributed by atoms with Gasteiger partial charge in [0.25, 0.3) is 0 Å². The first kappa shape index (κ1) is 104. The molecule has 0 saturated carbocycles. The van der Waals surface area contributed by atoms with Crippen LogP contribution < -0.4 is 11.5 Å². The van der Waals surface area contributed by atoms with E-state index in [1.165, 1.54) is 0 Å². The van der Waals surface area contributed by atoms with Crippen molar-refractivity contribution >= 4 is 23.5 Å². The summed E-state index contributed by atoms with van der Waals surface area (Å²) in [5.41, 5.74) is 10.7. The minimum atomic E-state index is -1.04. The van der Waals surface area contributed by atoms with Crippen LogP contribution in [-0.4, -0.2) is 45.8 Å². The monoisotopic (exact) mass is 1580 g/mol. The Hall–Kier alpha value is 13.7. The van der Waals surface area contributed by atoms with Crippen molar-refractivity contribution in [2.24, 2.45) is 23.3 Å². The van der Waals surface area contributed by atoms with Crippen molar-refractivity contribution < 1.29 is 487 Å². The number of carboxylic acid groups (broad SMARTS) is 2. The molecule has 0 aromatic carbocycles. The number of nitrogens with two attached hydrogens (primary N) is 2. The van der Waals surface area contributed by atoms with Crippen LogP contribution in [0.2, 0.25) is 0 Å². The van der Waals surface area contributed by atoms with Crippen LogP contribution >= 0.6 is 0 Å². The van der Waals surface area contributed by atoms with Gasteiger partial charge in [-0.2, -0.15) is 0 Å². The maximum absolute atomic E-state index is 11.1. The molecule has 0 heterocycles. The molecular weight excluding hydrogens is 1550 g/mol. The van der Waals surface area contributed by atoms with E-state index in [1.54, 1.807) is 27.7 Å².